The maximum atomic E-state index is 6.01. The molecule has 1 rings (SSSR count). The zero-order valence-electron chi connectivity index (χ0n) is 10.8. The summed E-state index contributed by atoms with van der Waals surface area (Å²) in [4.78, 5) is 0. The summed E-state index contributed by atoms with van der Waals surface area (Å²) in [5, 5.41) is 3.64. The SMILES string of the molecule is CC(C)C(N)CCNC1CCC(C)(C)C1. The fraction of sp³-hybridized carbons (Fsp3) is 1.00. The van der Waals surface area contributed by atoms with E-state index in [1.165, 1.54) is 19.3 Å². The van der Waals surface area contributed by atoms with E-state index >= 15 is 0 Å². The molecule has 0 amide bonds. The van der Waals surface area contributed by atoms with Gasteiger partial charge < -0.3 is 11.1 Å². The third kappa shape index (κ3) is 4.52. The molecule has 3 N–H and O–H groups in total. The third-order valence-electron chi connectivity index (χ3n) is 3.74. The standard InChI is InChI=1S/C13H28N2/c1-10(2)12(14)6-8-15-11-5-7-13(3,4)9-11/h10-12,15H,5-9,14H2,1-4H3. The van der Waals surface area contributed by atoms with Gasteiger partial charge in [-0.2, -0.15) is 0 Å². The lowest BCUT2D eigenvalue weighted by Crippen LogP contribution is -2.34. The highest BCUT2D eigenvalue weighted by Gasteiger charge is 2.30. The Labute approximate surface area is 95.0 Å². The number of nitrogens with one attached hydrogen (secondary N) is 1. The van der Waals surface area contributed by atoms with Gasteiger partial charge in [-0.3, -0.25) is 0 Å². The largest absolute Gasteiger partial charge is 0.327 e. The number of hydrogen-bond donors (Lipinski definition) is 2. The molecule has 2 unspecified atom stereocenters. The fourth-order valence-electron chi connectivity index (χ4n) is 2.40. The normalized spacial score (nSPS) is 27.2. The van der Waals surface area contributed by atoms with Crippen molar-refractivity contribution in [2.45, 2.75) is 65.5 Å². The van der Waals surface area contributed by atoms with Crippen molar-refractivity contribution in [1.82, 2.24) is 5.32 Å². The van der Waals surface area contributed by atoms with Crippen LogP contribution < -0.4 is 11.1 Å². The molecule has 0 aliphatic heterocycles. The van der Waals surface area contributed by atoms with Gasteiger partial charge >= 0.3 is 0 Å². The lowest BCUT2D eigenvalue weighted by Gasteiger charge is -2.20. The first-order valence-corrected chi connectivity index (χ1v) is 6.40. The van der Waals surface area contributed by atoms with E-state index in [1.807, 2.05) is 0 Å². The van der Waals surface area contributed by atoms with Crippen LogP contribution in [0.1, 0.15) is 53.4 Å². The molecule has 0 heterocycles. The first-order chi connectivity index (χ1) is 6.91. The Hall–Kier alpha value is -0.0800. The molecule has 0 radical (unpaired) electrons. The van der Waals surface area contributed by atoms with Gasteiger partial charge in [0.2, 0.25) is 0 Å². The molecule has 15 heavy (non-hydrogen) atoms. The fourth-order valence-corrected chi connectivity index (χ4v) is 2.40. The molecule has 0 saturated heterocycles. The minimum atomic E-state index is 0.354. The van der Waals surface area contributed by atoms with Crippen LogP contribution in [0.25, 0.3) is 0 Å². The molecule has 2 atom stereocenters. The van der Waals surface area contributed by atoms with Gasteiger partial charge in [0.15, 0.2) is 0 Å². The van der Waals surface area contributed by atoms with Crippen molar-refractivity contribution in [3.05, 3.63) is 0 Å². The maximum Gasteiger partial charge on any atom is 0.00739 e. The van der Waals surface area contributed by atoms with Crippen molar-refractivity contribution in [2.24, 2.45) is 17.1 Å². The van der Waals surface area contributed by atoms with Crippen LogP contribution in [0, 0.1) is 11.3 Å². The molecule has 0 aromatic carbocycles. The van der Waals surface area contributed by atoms with Gasteiger partial charge in [0.05, 0.1) is 0 Å². The molecule has 0 spiro atoms. The van der Waals surface area contributed by atoms with E-state index in [1.54, 1.807) is 0 Å². The lowest BCUT2D eigenvalue weighted by molar-refractivity contribution is 0.359. The van der Waals surface area contributed by atoms with Crippen molar-refractivity contribution in [1.29, 1.82) is 0 Å². The van der Waals surface area contributed by atoms with Crippen LogP contribution in [-0.4, -0.2) is 18.6 Å². The summed E-state index contributed by atoms with van der Waals surface area (Å²) in [5.41, 5.74) is 6.57. The molecule has 1 aliphatic rings. The summed E-state index contributed by atoms with van der Waals surface area (Å²) in [7, 11) is 0. The Morgan fingerprint density at radius 1 is 1.40 bits per heavy atom. The molecule has 0 aromatic rings. The van der Waals surface area contributed by atoms with E-state index in [4.69, 9.17) is 5.73 Å². The minimum absolute atomic E-state index is 0.354. The second-order valence-corrected chi connectivity index (χ2v) is 6.25. The van der Waals surface area contributed by atoms with E-state index in [2.05, 4.69) is 33.0 Å². The Morgan fingerprint density at radius 2 is 2.07 bits per heavy atom. The summed E-state index contributed by atoms with van der Waals surface area (Å²) in [6.45, 7) is 10.2. The van der Waals surface area contributed by atoms with Crippen molar-refractivity contribution < 1.29 is 0 Å². The van der Waals surface area contributed by atoms with Crippen molar-refractivity contribution in [3.8, 4) is 0 Å². The van der Waals surface area contributed by atoms with E-state index in [9.17, 15) is 0 Å². The van der Waals surface area contributed by atoms with E-state index in [-0.39, 0.29) is 0 Å². The highest BCUT2D eigenvalue weighted by atomic mass is 14.9. The summed E-state index contributed by atoms with van der Waals surface area (Å²) in [6, 6.07) is 1.09. The van der Waals surface area contributed by atoms with Crippen LogP contribution in [-0.2, 0) is 0 Å². The first kappa shape index (κ1) is 13.0. The van der Waals surface area contributed by atoms with Crippen LogP contribution in [0.5, 0.6) is 0 Å². The van der Waals surface area contributed by atoms with E-state index < -0.39 is 0 Å². The van der Waals surface area contributed by atoms with Gasteiger partial charge in [0.25, 0.3) is 0 Å². The summed E-state index contributed by atoms with van der Waals surface area (Å²) in [5.74, 6) is 0.604. The summed E-state index contributed by atoms with van der Waals surface area (Å²) in [6.07, 6.45) is 5.13. The zero-order valence-corrected chi connectivity index (χ0v) is 10.8. The average Bonchev–Trinajstić information content (AvgIpc) is 2.45. The molecule has 2 nitrogen and oxygen atoms in total. The number of nitrogens with two attached hydrogens (primary N) is 1. The van der Waals surface area contributed by atoms with Crippen molar-refractivity contribution in [2.75, 3.05) is 6.54 Å². The van der Waals surface area contributed by atoms with Crippen LogP contribution in [0.3, 0.4) is 0 Å². The molecule has 1 saturated carbocycles. The molecular weight excluding hydrogens is 184 g/mol. The Balaban J connectivity index is 2.11. The predicted molar refractivity (Wildman–Crippen MR) is 66.9 cm³/mol. The monoisotopic (exact) mass is 212 g/mol. The lowest BCUT2D eigenvalue weighted by atomic mass is 9.92. The Kier molecular flexibility index (Phi) is 4.60. The first-order valence-electron chi connectivity index (χ1n) is 6.40. The second kappa shape index (κ2) is 5.31. The molecule has 90 valence electrons. The molecule has 0 aromatic heterocycles. The highest BCUT2D eigenvalue weighted by Crippen LogP contribution is 2.36. The Bertz CT molecular complexity index is 187. The highest BCUT2D eigenvalue weighted by molar-refractivity contribution is 4.86. The summed E-state index contributed by atoms with van der Waals surface area (Å²) >= 11 is 0. The molecule has 0 bridgehead atoms. The Morgan fingerprint density at radius 3 is 2.53 bits per heavy atom. The average molecular weight is 212 g/mol. The topological polar surface area (TPSA) is 38.0 Å². The third-order valence-corrected chi connectivity index (χ3v) is 3.74. The number of hydrogen-bond acceptors (Lipinski definition) is 2. The smallest absolute Gasteiger partial charge is 0.00739 e. The van der Waals surface area contributed by atoms with Crippen LogP contribution in [0.15, 0.2) is 0 Å². The number of rotatable bonds is 5. The van der Waals surface area contributed by atoms with Gasteiger partial charge in [-0.15, -0.1) is 0 Å². The molecule has 1 aliphatic carbocycles. The second-order valence-electron chi connectivity index (χ2n) is 6.25. The van der Waals surface area contributed by atoms with Crippen LogP contribution in [0.2, 0.25) is 0 Å². The van der Waals surface area contributed by atoms with Crippen LogP contribution >= 0.6 is 0 Å². The van der Waals surface area contributed by atoms with Gasteiger partial charge in [-0.25, -0.2) is 0 Å². The van der Waals surface area contributed by atoms with Crippen molar-refractivity contribution >= 4 is 0 Å². The summed E-state index contributed by atoms with van der Waals surface area (Å²) < 4.78 is 0. The van der Waals surface area contributed by atoms with Gasteiger partial charge in [0.1, 0.15) is 0 Å². The molecule has 2 heteroatoms. The minimum Gasteiger partial charge on any atom is -0.327 e. The van der Waals surface area contributed by atoms with Gasteiger partial charge in [-0.1, -0.05) is 27.7 Å². The van der Waals surface area contributed by atoms with E-state index in [0.717, 1.165) is 19.0 Å². The molecular formula is C13H28N2. The van der Waals surface area contributed by atoms with Crippen molar-refractivity contribution in [3.63, 3.8) is 0 Å². The quantitative estimate of drug-likeness (QED) is 0.735. The van der Waals surface area contributed by atoms with Crippen LogP contribution in [0.4, 0.5) is 0 Å². The molecule has 1 fully saturated rings. The van der Waals surface area contributed by atoms with E-state index in [0.29, 0.717) is 17.4 Å². The van der Waals surface area contributed by atoms with Gasteiger partial charge in [0, 0.05) is 12.1 Å². The van der Waals surface area contributed by atoms with Gasteiger partial charge in [-0.05, 0) is 43.6 Å². The predicted octanol–water partition coefficient (Wildman–Crippen LogP) is 2.53. The maximum absolute atomic E-state index is 6.01. The zero-order chi connectivity index (χ0) is 11.5.